The van der Waals surface area contributed by atoms with Crippen LogP contribution in [-0.2, 0) is 25.6 Å². The maximum absolute atomic E-state index is 11.5. The third kappa shape index (κ3) is 3.03. The standard InChI is InChI=1S/C5H4F3O2.Mn/c1-3(9)2-4(10)5(6,7)8;/h2H,1H3;. The Balaban J connectivity index is 4.39. The second-order valence-corrected chi connectivity index (χ2v) is 2.52. The number of halogens is 3. The SMILES string of the molecule is CC(=O)[CH]([Mn])C(=O)C(F)(F)F. The molecule has 0 aliphatic carbocycles. The van der Waals surface area contributed by atoms with Crippen molar-refractivity contribution in [3.8, 4) is 0 Å². The van der Waals surface area contributed by atoms with Gasteiger partial charge in [0.15, 0.2) is 0 Å². The van der Waals surface area contributed by atoms with E-state index in [2.05, 4.69) is 16.0 Å². The molecule has 0 aromatic heterocycles. The summed E-state index contributed by atoms with van der Waals surface area (Å²) in [5.74, 6) is -2.92. The molecule has 0 fully saturated rings. The van der Waals surface area contributed by atoms with Gasteiger partial charge in [-0.3, -0.25) is 0 Å². The van der Waals surface area contributed by atoms with Crippen molar-refractivity contribution in [3.05, 3.63) is 0 Å². The number of rotatable bonds is 2. The first-order chi connectivity index (χ1) is 4.76. The van der Waals surface area contributed by atoms with Gasteiger partial charge in [0.25, 0.3) is 0 Å². The Morgan fingerprint density at radius 3 is 1.82 bits per heavy atom. The van der Waals surface area contributed by atoms with E-state index in [0.29, 0.717) is 0 Å². The van der Waals surface area contributed by atoms with Crippen molar-refractivity contribution in [1.82, 2.24) is 0 Å². The van der Waals surface area contributed by atoms with E-state index < -0.39 is 22.6 Å². The van der Waals surface area contributed by atoms with Crippen molar-refractivity contribution < 1.29 is 38.8 Å². The van der Waals surface area contributed by atoms with E-state index in [1.807, 2.05) is 0 Å². The second-order valence-electron chi connectivity index (χ2n) is 1.84. The van der Waals surface area contributed by atoms with Gasteiger partial charge in [-0.15, -0.1) is 0 Å². The number of hydrogen-bond donors (Lipinski definition) is 0. The van der Waals surface area contributed by atoms with Crippen molar-refractivity contribution >= 4 is 11.6 Å². The van der Waals surface area contributed by atoms with Gasteiger partial charge in [-0.05, 0) is 0 Å². The van der Waals surface area contributed by atoms with E-state index in [1.165, 1.54) is 0 Å². The van der Waals surface area contributed by atoms with Crippen molar-refractivity contribution in [3.63, 3.8) is 0 Å². The molecular weight excluding hydrogens is 204 g/mol. The maximum atomic E-state index is 11.5. The first kappa shape index (κ1) is 10.6. The van der Waals surface area contributed by atoms with Gasteiger partial charge in [-0.25, -0.2) is 0 Å². The second kappa shape index (κ2) is 3.36. The van der Waals surface area contributed by atoms with Crippen LogP contribution in [0.15, 0.2) is 0 Å². The molecule has 64 valence electrons. The predicted molar refractivity (Wildman–Crippen MR) is 25.5 cm³/mol. The zero-order valence-corrected chi connectivity index (χ0v) is 6.59. The number of hydrogen-bond acceptors (Lipinski definition) is 2. The molecule has 0 saturated carbocycles. The van der Waals surface area contributed by atoms with Gasteiger partial charge in [0.1, 0.15) is 0 Å². The van der Waals surface area contributed by atoms with Gasteiger partial charge in [-0.1, -0.05) is 0 Å². The topological polar surface area (TPSA) is 34.1 Å². The van der Waals surface area contributed by atoms with Gasteiger partial charge in [0.05, 0.1) is 0 Å². The van der Waals surface area contributed by atoms with Crippen molar-refractivity contribution in [2.45, 2.75) is 17.9 Å². The summed E-state index contributed by atoms with van der Waals surface area (Å²) in [6.07, 6.45) is -4.94. The first-order valence-corrected chi connectivity index (χ1v) is 3.20. The fraction of sp³-hybridized carbons (Fsp3) is 0.600. The molecule has 0 heterocycles. The number of carbonyl (C=O) groups is 2. The van der Waals surface area contributed by atoms with Crippen LogP contribution in [0.4, 0.5) is 13.2 Å². The van der Waals surface area contributed by atoms with Crippen LogP contribution >= 0.6 is 0 Å². The summed E-state index contributed by atoms with van der Waals surface area (Å²) in [5, 5.41) is 0. The summed E-state index contributed by atoms with van der Waals surface area (Å²) in [5.41, 5.74) is 0. The van der Waals surface area contributed by atoms with Gasteiger partial charge < -0.3 is 0 Å². The number of alkyl halides is 3. The van der Waals surface area contributed by atoms with Gasteiger partial charge in [-0.2, -0.15) is 0 Å². The summed E-state index contributed by atoms with van der Waals surface area (Å²) in [4.78, 5) is 18.7. The molecule has 0 aromatic carbocycles. The molecular formula is C5H4F3MnO2. The fourth-order valence-electron chi connectivity index (χ4n) is 0.328. The summed E-state index contributed by atoms with van der Waals surface area (Å²) in [6, 6.07) is 0. The monoisotopic (exact) mass is 208 g/mol. The number of ketones is 2. The number of Topliss-reactive ketones (excluding diaryl/α,β-unsaturated/α-hetero) is 2. The molecule has 0 bridgehead atoms. The van der Waals surface area contributed by atoms with Gasteiger partial charge in [0.2, 0.25) is 0 Å². The molecule has 1 unspecified atom stereocenters. The molecule has 11 heavy (non-hydrogen) atoms. The summed E-state index contributed by atoms with van der Waals surface area (Å²) in [6.45, 7) is 0.906. The zero-order valence-electron chi connectivity index (χ0n) is 5.41. The Labute approximate surface area is 69.0 Å². The van der Waals surface area contributed by atoms with E-state index in [1.54, 1.807) is 0 Å². The van der Waals surface area contributed by atoms with Crippen LogP contribution in [0.1, 0.15) is 6.92 Å². The average Bonchev–Trinajstić information content (AvgIpc) is 1.82. The van der Waals surface area contributed by atoms with Crippen LogP contribution in [0.2, 0.25) is 4.82 Å². The Bertz CT molecular complexity index is 187. The third-order valence-corrected chi connectivity index (χ3v) is 1.66. The zero-order chi connectivity index (χ0) is 9.23. The normalized spacial score (nSPS) is 14.3. The summed E-state index contributed by atoms with van der Waals surface area (Å²) in [7, 11) is 0. The average molecular weight is 208 g/mol. The predicted octanol–water partition coefficient (Wildman–Crippen LogP) is 1.04. The first-order valence-electron chi connectivity index (χ1n) is 2.52. The van der Waals surface area contributed by atoms with E-state index >= 15 is 0 Å². The van der Waals surface area contributed by atoms with Crippen LogP contribution < -0.4 is 0 Å². The summed E-state index contributed by atoms with van der Waals surface area (Å²) < 4.78 is 34.6. The molecule has 0 saturated heterocycles. The van der Waals surface area contributed by atoms with Crippen LogP contribution in [0, 0.1) is 0 Å². The molecule has 0 spiro atoms. The number of carbonyl (C=O) groups excluding carboxylic acids is 2. The molecule has 0 radical (unpaired) electrons. The van der Waals surface area contributed by atoms with Crippen LogP contribution in [0.3, 0.4) is 0 Å². The van der Waals surface area contributed by atoms with Gasteiger partial charge in [0, 0.05) is 0 Å². The Kier molecular flexibility index (Phi) is 3.26. The quantitative estimate of drug-likeness (QED) is 0.501. The van der Waals surface area contributed by atoms with Crippen LogP contribution in [0.25, 0.3) is 0 Å². The molecule has 0 aliphatic heterocycles. The van der Waals surface area contributed by atoms with Crippen molar-refractivity contribution in [1.29, 1.82) is 0 Å². The van der Waals surface area contributed by atoms with Crippen LogP contribution in [0.5, 0.6) is 0 Å². The molecule has 0 rings (SSSR count). The van der Waals surface area contributed by atoms with Crippen LogP contribution in [-0.4, -0.2) is 17.7 Å². The van der Waals surface area contributed by atoms with E-state index in [0.717, 1.165) is 6.92 Å². The van der Waals surface area contributed by atoms with E-state index in [9.17, 15) is 22.8 Å². The molecule has 0 N–H and O–H groups in total. The van der Waals surface area contributed by atoms with Gasteiger partial charge >= 0.3 is 68.3 Å². The molecule has 0 aromatic rings. The molecule has 2 nitrogen and oxygen atoms in total. The summed E-state index contributed by atoms with van der Waals surface area (Å²) >= 11 is 2.32. The van der Waals surface area contributed by atoms with Crippen molar-refractivity contribution in [2.24, 2.45) is 0 Å². The minimum absolute atomic E-state index is 0.854. The third-order valence-electron chi connectivity index (χ3n) is 0.866. The van der Waals surface area contributed by atoms with E-state index in [4.69, 9.17) is 0 Å². The fourth-order valence-corrected chi connectivity index (χ4v) is 0.521. The van der Waals surface area contributed by atoms with Crippen molar-refractivity contribution in [2.75, 3.05) is 0 Å². The molecule has 0 amide bonds. The minimum atomic E-state index is -4.94. The molecule has 6 heteroatoms. The molecule has 0 aliphatic rings. The Hall–Kier alpha value is -0.351. The Morgan fingerprint density at radius 2 is 1.73 bits per heavy atom. The Morgan fingerprint density at radius 1 is 1.36 bits per heavy atom. The molecule has 1 atom stereocenters. The van der Waals surface area contributed by atoms with E-state index in [-0.39, 0.29) is 0 Å².